The van der Waals surface area contributed by atoms with E-state index in [-0.39, 0.29) is 24.3 Å². The van der Waals surface area contributed by atoms with E-state index in [0.29, 0.717) is 27.3 Å². The predicted molar refractivity (Wildman–Crippen MR) is 139 cm³/mol. The first kappa shape index (κ1) is 24.9. The fourth-order valence-corrected chi connectivity index (χ4v) is 5.38. The number of ether oxygens (including phenoxy) is 3. The van der Waals surface area contributed by atoms with Crippen LogP contribution in [0, 0.1) is 5.41 Å². The van der Waals surface area contributed by atoms with Crippen LogP contribution in [-0.4, -0.2) is 52.6 Å². The molecule has 2 atom stereocenters. The van der Waals surface area contributed by atoms with Crippen molar-refractivity contribution in [2.45, 2.75) is 39.3 Å². The number of fused-ring (bicyclic) bond motifs is 2. The molecule has 0 radical (unpaired) electrons. The van der Waals surface area contributed by atoms with E-state index < -0.39 is 0 Å². The Morgan fingerprint density at radius 1 is 1.19 bits per heavy atom. The van der Waals surface area contributed by atoms with Crippen LogP contribution in [0.4, 0.5) is 0 Å². The number of methoxy groups -OCH3 is 1. The highest BCUT2D eigenvalue weighted by Crippen LogP contribution is 2.51. The Labute approximate surface area is 220 Å². The Hall–Kier alpha value is -2.81. The van der Waals surface area contributed by atoms with Gasteiger partial charge in [-0.1, -0.05) is 62.2 Å². The zero-order chi connectivity index (χ0) is 25.6. The molecule has 2 aliphatic heterocycles. The molecule has 2 aliphatic rings. The smallest absolute Gasteiger partial charge is 0.231 e. The summed E-state index contributed by atoms with van der Waals surface area (Å²) in [5.74, 6) is 2.73. The zero-order valence-corrected chi connectivity index (χ0v) is 22.5. The van der Waals surface area contributed by atoms with Gasteiger partial charge in [0.05, 0.1) is 13.2 Å². The SMILES string of the molecule is COc1c2c(cc3c1[C@@H](c1nnnn1[C@H](/C=C/c1ccc(Cl)cc1Cl)C(C)(C)C)N(C)CC3)OCO2. The van der Waals surface area contributed by atoms with E-state index in [4.69, 9.17) is 37.4 Å². The van der Waals surface area contributed by atoms with Crippen LogP contribution in [0.25, 0.3) is 6.08 Å². The van der Waals surface area contributed by atoms with Crippen molar-refractivity contribution in [1.29, 1.82) is 0 Å². The van der Waals surface area contributed by atoms with Gasteiger partial charge in [-0.15, -0.1) is 5.10 Å². The summed E-state index contributed by atoms with van der Waals surface area (Å²) in [6.07, 6.45) is 4.95. The number of rotatable bonds is 5. The molecule has 190 valence electrons. The highest BCUT2D eigenvalue weighted by molar-refractivity contribution is 6.35. The fraction of sp³-hybridized carbons (Fsp3) is 0.423. The number of hydrogen-bond acceptors (Lipinski definition) is 7. The van der Waals surface area contributed by atoms with Gasteiger partial charge in [0.15, 0.2) is 17.3 Å². The largest absolute Gasteiger partial charge is 0.492 e. The van der Waals surface area contributed by atoms with Crippen molar-refractivity contribution >= 4 is 29.3 Å². The minimum Gasteiger partial charge on any atom is -0.492 e. The summed E-state index contributed by atoms with van der Waals surface area (Å²) in [6, 6.07) is 7.13. The molecular formula is C26H29Cl2N5O3. The molecule has 0 N–H and O–H groups in total. The van der Waals surface area contributed by atoms with Crippen LogP contribution in [0.5, 0.6) is 17.2 Å². The first-order valence-corrected chi connectivity index (χ1v) is 12.5. The minimum atomic E-state index is -0.231. The Bertz CT molecular complexity index is 1320. The maximum atomic E-state index is 6.43. The Morgan fingerprint density at radius 2 is 2.00 bits per heavy atom. The molecule has 0 bridgehead atoms. The summed E-state index contributed by atoms with van der Waals surface area (Å²) in [6.45, 7) is 7.50. The van der Waals surface area contributed by atoms with Gasteiger partial charge in [-0.3, -0.25) is 4.90 Å². The van der Waals surface area contributed by atoms with Crippen molar-refractivity contribution < 1.29 is 14.2 Å². The van der Waals surface area contributed by atoms with Gasteiger partial charge in [-0.25, -0.2) is 4.68 Å². The van der Waals surface area contributed by atoms with Gasteiger partial charge in [0, 0.05) is 22.2 Å². The van der Waals surface area contributed by atoms with Crippen molar-refractivity contribution in [1.82, 2.24) is 25.1 Å². The second-order valence-electron chi connectivity index (χ2n) is 10.2. The summed E-state index contributed by atoms with van der Waals surface area (Å²) in [7, 11) is 3.73. The second-order valence-corrected chi connectivity index (χ2v) is 11.0. The molecule has 0 unspecified atom stereocenters. The molecule has 0 saturated heterocycles. The van der Waals surface area contributed by atoms with Crippen LogP contribution in [-0.2, 0) is 6.42 Å². The summed E-state index contributed by atoms with van der Waals surface area (Å²) in [4.78, 5) is 2.24. The quantitative estimate of drug-likeness (QED) is 0.426. The number of nitrogens with zero attached hydrogens (tertiary/aromatic N) is 5. The lowest BCUT2D eigenvalue weighted by atomic mass is 9.85. The number of halogens is 2. The molecular weight excluding hydrogens is 501 g/mol. The normalized spacial score (nSPS) is 18.5. The molecule has 5 rings (SSSR count). The molecule has 0 fully saturated rings. The van der Waals surface area contributed by atoms with Crippen molar-refractivity contribution in [3.8, 4) is 17.2 Å². The van der Waals surface area contributed by atoms with Gasteiger partial charge in [0.25, 0.3) is 0 Å². The third kappa shape index (κ3) is 4.42. The van der Waals surface area contributed by atoms with E-state index >= 15 is 0 Å². The topological polar surface area (TPSA) is 74.5 Å². The first-order valence-electron chi connectivity index (χ1n) is 11.8. The lowest BCUT2D eigenvalue weighted by molar-refractivity contribution is 0.170. The number of benzene rings is 2. The summed E-state index contributed by atoms with van der Waals surface area (Å²) < 4.78 is 19.2. The number of allylic oxidation sites excluding steroid dienone is 1. The molecule has 0 spiro atoms. The lowest BCUT2D eigenvalue weighted by Crippen LogP contribution is -2.36. The van der Waals surface area contributed by atoms with Crippen LogP contribution in [0.2, 0.25) is 10.0 Å². The predicted octanol–water partition coefficient (Wildman–Crippen LogP) is 5.60. The van der Waals surface area contributed by atoms with E-state index in [0.717, 1.165) is 35.5 Å². The molecule has 8 nitrogen and oxygen atoms in total. The molecule has 3 aromatic rings. The van der Waals surface area contributed by atoms with Gasteiger partial charge in [-0.2, -0.15) is 0 Å². The van der Waals surface area contributed by atoms with Gasteiger partial charge in [0.1, 0.15) is 6.04 Å². The fourth-order valence-electron chi connectivity index (χ4n) is 4.91. The number of likely N-dealkylation sites (N-methyl/N-ethyl adjacent to an activating group) is 1. The van der Waals surface area contributed by atoms with E-state index in [9.17, 15) is 0 Å². The van der Waals surface area contributed by atoms with Crippen molar-refractivity contribution in [2.24, 2.45) is 5.41 Å². The molecule has 2 aromatic carbocycles. The Balaban J connectivity index is 1.61. The number of tetrazole rings is 1. The molecule has 0 aliphatic carbocycles. The highest BCUT2D eigenvalue weighted by Gasteiger charge is 2.39. The van der Waals surface area contributed by atoms with Crippen molar-refractivity contribution in [2.75, 3.05) is 27.5 Å². The molecule has 0 amide bonds. The van der Waals surface area contributed by atoms with Gasteiger partial charge in [0.2, 0.25) is 12.5 Å². The lowest BCUT2D eigenvalue weighted by Gasteiger charge is -2.36. The van der Waals surface area contributed by atoms with Crippen LogP contribution in [0.3, 0.4) is 0 Å². The van der Waals surface area contributed by atoms with Crippen LogP contribution >= 0.6 is 23.2 Å². The van der Waals surface area contributed by atoms with Crippen molar-refractivity contribution in [3.63, 3.8) is 0 Å². The number of hydrogen-bond donors (Lipinski definition) is 0. The van der Waals surface area contributed by atoms with Gasteiger partial charge < -0.3 is 14.2 Å². The average Bonchev–Trinajstić information content (AvgIpc) is 3.48. The van der Waals surface area contributed by atoms with E-state index in [1.165, 1.54) is 0 Å². The summed E-state index contributed by atoms with van der Waals surface area (Å²) in [5, 5.41) is 14.3. The van der Waals surface area contributed by atoms with Crippen molar-refractivity contribution in [3.05, 3.63) is 62.9 Å². The van der Waals surface area contributed by atoms with Crippen LogP contribution < -0.4 is 14.2 Å². The van der Waals surface area contributed by atoms with Gasteiger partial charge >= 0.3 is 0 Å². The molecule has 0 saturated carbocycles. The molecule has 1 aromatic heterocycles. The minimum absolute atomic E-state index is 0.159. The van der Waals surface area contributed by atoms with Gasteiger partial charge in [-0.05, 0) is 58.6 Å². The van der Waals surface area contributed by atoms with E-state index in [1.54, 1.807) is 13.2 Å². The third-order valence-corrected chi connectivity index (χ3v) is 7.29. The van der Waals surface area contributed by atoms with E-state index in [1.807, 2.05) is 22.9 Å². The van der Waals surface area contributed by atoms with E-state index in [2.05, 4.69) is 60.4 Å². The third-order valence-electron chi connectivity index (χ3n) is 6.73. The maximum absolute atomic E-state index is 6.43. The Morgan fingerprint density at radius 3 is 2.72 bits per heavy atom. The van der Waals surface area contributed by atoms with Crippen LogP contribution in [0.15, 0.2) is 30.3 Å². The Kier molecular flexibility index (Phi) is 6.61. The molecule has 3 heterocycles. The molecule has 10 heteroatoms. The first-order chi connectivity index (χ1) is 17.2. The summed E-state index contributed by atoms with van der Waals surface area (Å²) >= 11 is 12.5. The summed E-state index contributed by atoms with van der Waals surface area (Å²) in [5.41, 5.74) is 2.82. The number of aromatic nitrogens is 4. The van der Waals surface area contributed by atoms with Crippen LogP contribution in [0.1, 0.15) is 55.4 Å². The zero-order valence-electron chi connectivity index (χ0n) is 21.0. The monoisotopic (exact) mass is 529 g/mol. The molecule has 36 heavy (non-hydrogen) atoms. The maximum Gasteiger partial charge on any atom is 0.231 e. The average molecular weight is 530 g/mol. The standard InChI is InChI=1S/C26H29Cl2N5O3/c1-26(2,3)20(9-7-15-6-8-17(27)13-18(15)28)33-25(29-30-31-33)22-21-16(10-11-32(22)4)12-19-23(24(21)34-5)36-14-35-19/h6-9,12-13,20,22H,10-11,14H2,1-5H3/b9-7+/t20-,22+/m1/s1. The highest BCUT2D eigenvalue weighted by atomic mass is 35.5. The second kappa shape index (κ2) is 9.57.